The lowest BCUT2D eigenvalue weighted by atomic mass is 10.3. The van der Waals surface area contributed by atoms with E-state index in [1.54, 1.807) is 4.31 Å². The molecule has 0 aromatic rings. The molecule has 0 saturated carbocycles. The largest absolute Gasteiger partial charge is 0.294 e. The Kier molecular flexibility index (Phi) is 4.85. The van der Waals surface area contributed by atoms with Crippen LogP contribution in [0.1, 0.15) is 27.2 Å². The third-order valence-corrected chi connectivity index (χ3v) is 2.61. The van der Waals surface area contributed by atoms with Gasteiger partial charge in [0, 0.05) is 12.6 Å². The number of nitrogens with zero attached hydrogens (tertiary/aromatic N) is 1. The number of rotatable bonds is 4. The van der Waals surface area contributed by atoms with Gasteiger partial charge in [0.1, 0.15) is 0 Å². The van der Waals surface area contributed by atoms with Crippen LogP contribution in [0.3, 0.4) is 0 Å². The summed E-state index contributed by atoms with van der Waals surface area (Å²) in [5.74, 6) is 0. The maximum absolute atomic E-state index is 10.6. The molecule has 62 valence electrons. The summed E-state index contributed by atoms with van der Waals surface area (Å²) in [6, 6.07) is 0.191. The maximum atomic E-state index is 10.6. The van der Waals surface area contributed by atoms with Crippen LogP contribution in [0.2, 0.25) is 0 Å². The van der Waals surface area contributed by atoms with Gasteiger partial charge in [0.05, 0.1) is 0 Å². The van der Waals surface area contributed by atoms with E-state index >= 15 is 0 Å². The van der Waals surface area contributed by atoms with Gasteiger partial charge in [-0.2, -0.15) is 4.31 Å². The quantitative estimate of drug-likeness (QED) is 0.637. The van der Waals surface area contributed by atoms with Crippen molar-refractivity contribution >= 4 is 11.3 Å². The fourth-order valence-corrected chi connectivity index (χ4v) is 1.46. The normalized spacial score (nSPS) is 17.3. The Morgan fingerprint density at radius 1 is 1.60 bits per heavy atom. The van der Waals surface area contributed by atoms with Crippen molar-refractivity contribution in [2.24, 2.45) is 0 Å². The van der Waals surface area contributed by atoms with Gasteiger partial charge >= 0.3 is 0 Å². The zero-order valence-electron chi connectivity index (χ0n) is 6.70. The highest BCUT2D eigenvalue weighted by Gasteiger charge is 2.13. The fraction of sp³-hybridized carbons (Fsp3) is 1.00. The van der Waals surface area contributed by atoms with Crippen LogP contribution in [0.4, 0.5) is 0 Å². The molecule has 2 unspecified atom stereocenters. The minimum Gasteiger partial charge on any atom is -0.294 e. The Morgan fingerprint density at radius 2 is 2.10 bits per heavy atom. The molecule has 0 rings (SSSR count). The molecule has 0 aromatic carbocycles. The molecule has 1 N–H and O–H groups in total. The lowest BCUT2D eigenvalue weighted by Gasteiger charge is -2.21. The molecule has 0 radical (unpaired) electrons. The Balaban J connectivity index is 3.92. The summed E-state index contributed by atoms with van der Waals surface area (Å²) in [4.78, 5) is 0. The first-order valence-electron chi connectivity index (χ1n) is 3.51. The zero-order chi connectivity index (χ0) is 8.15. The van der Waals surface area contributed by atoms with Crippen molar-refractivity contribution in [1.82, 2.24) is 4.31 Å². The number of hydrogen-bond acceptors (Lipinski definition) is 1. The second-order valence-corrected chi connectivity index (χ2v) is 3.15. The molecular weight excluding hydrogens is 150 g/mol. The lowest BCUT2D eigenvalue weighted by molar-refractivity contribution is 0.334. The number of hydrogen-bond donors (Lipinski definition) is 1. The molecular formula is C6H15NO2S. The van der Waals surface area contributed by atoms with Crippen LogP contribution in [0.25, 0.3) is 0 Å². The summed E-state index contributed by atoms with van der Waals surface area (Å²) in [7, 11) is 0. The molecule has 4 heteroatoms. The molecule has 0 aliphatic carbocycles. The van der Waals surface area contributed by atoms with Crippen LogP contribution >= 0.6 is 0 Å². The molecule has 0 amide bonds. The minimum atomic E-state index is -1.80. The van der Waals surface area contributed by atoms with Gasteiger partial charge in [-0.05, 0) is 13.3 Å². The smallest absolute Gasteiger partial charge is 0.234 e. The van der Waals surface area contributed by atoms with E-state index in [-0.39, 0.29) is 6.04 Å². The summed E-state index contributed by atoms with van der Waals surface area (Å²) >= 11 is -1.80. The first-order chi connectivity index (χ1) is 4.63. The summed E-state index contributed by atoms with van der Waals surface area (Å²) in [5, 5.41) is 0. The molecule has 0 aliphatic heterocycles. The van der Waals surface area contributed by atoms with E-state index in [0.29, 0.717) is 6.54 Å². The molecule has 3 nitrogen and oxygen atoms in total. The Hall–Kier alpha value is 0.0700. The van der Waals surface area contributed by atoms with E-state index in [2.05, 4.69) is 0 Å². The van der Waals surface area contributed by atoms with Crippen LogP contribution < -0.4 is 0 Å². The maximum Gasteiger partial charge on any atom is 0.234 e. The predicted molar refractivity (Wildman–Crippen MR) is 42.9 cm³/mol. The van der Waals surface area contributed by atoms with Gasteiger partial charge in [-0.1, -0.05) is 13.8 Å². The van der Waals surface area contributed by atoms with Crippen LogP contribution in [0.15, 0.2) is 0 Å². The van der Waals surface area contributed by atoms with Crippen LogP contribution in [0.5, 0.6) is 0 Å². The first kappa shape index (κ1) is 10.1. The molecule has 2 atom stereocenters. The highest BCUT2D eigenvalue weighted by Crippen LogP contribution is 2.03. The topological polar surface area (TPSA) is 40.5 Å². The zero-order valence-corrected chi connectivity index (χ0v) is 7.52. The van der Waals surface area contributed by atoms with Crippen LogP contribution in [-0.4, -0.2) is 25.7 Å². The van der Waals surface area contributed by atoms with Crippen molar-refractivity contribution < 1.29 is 8.76 Å². The second-order valence-electron chi connectivity index (χ2n) is 2.22. The summed E-state index contributed by atoms with van der Waals surface area (Å²) < 4.78 is 20.8. The summed E-state index contributed by atoms with van der Waals surface area (Å²) in [5.41, 5.74) is 0. The van der Waals surface area contributed by atoms with Gasteiger partial charge in [0.15, 0.2) is 0 Å². The van der Waals surface area contributed by atoms with Gasteiger partial charge in [0.25, 0.3) is 0 Å². The fourth-order valence-electron chi connectivity index (χ4n) is 0.780. The summed E-state index contributed by atoms with van der Waals surface area (Å²) in [6.45, 7) is 6.44. The first-order valence-corrected chi connectivity index (χ1v) is 4.57. The predicted octanol–water partition coefficient (Wildman–Crippen LogP) is 1.24. The van der Waals surface area contributed by atoms with E-state index in [4.69, 9.17) is 4.55 Å². The second kappa shape index (κ2) is 4.82. The molecule has 0 heterocycles. The average Bonchev–Trinajstić information content (AvgIpc) is 1.88. The Morgan fingerprint density at radius 3 is 2.20 bits per heavy atom. The van der Waals surface area contributed by atoms with Crippen molar-refractivity contribution in [2.45, 2.75) is 33.2 Å². The molecule has 0 bridgehead atoms. The third-order valence-electron chi connectivity index (χ3n) is 1.59. The molecule has 0 aromatic heterocycles. The molecule has 0 aliphatic rings. The van der Waals surface area contributed by atoms with E-state index in [1.165, 1.54) is 0 Å². The van der Waals surface area contributed by atoms with Crippen molar-refractivity contribution in [3.8, 4) is 0 Å². The molecule has 10 heavy (non-hydrogen) atoms. The van der Waals surface area contributed by atoms with Gasteiger partial charge in [-0.15, -0.1) is 0 Å². The van der Waals surface area contributed by atoms with Gasteiger partial charge in [-0.3, -0.25) is 4.55 Å². The Bertz CT molecular complexity index is 118. The summed E-state index contributed by atoms with van der Waals surface area (Å²) in [6.07, 6.45) is 0.903. The molecule has 0 fully saturated rings. The average molecular weight is 165 g/mol. The van der Waals surface area contributed by atoms with E-state index in [0.717, 1.165) is 6.42 Å². The molecule has 0 saturated heterocycles. The van der Waals surface area contributed by atoms with E-state index in [9.17, 15) is 4.21 Å². The van der Waals surface area contributed by atoms with Crippen molar-refractivity contribution in [3.63, 3.8) is 0 Å². The third kappa shape index (κ3) is 2.77. The van der Waals surface area contributed by atoms with Crippen LogP contribution in [-0.2, 0) is 11.3 Å². The highest BCUT2D eigenvalue weighted by molar-refractivity contribution is 7.76. The molecule has 0 spiro atoms. The Labute approximate surface area is 64.8 Å². The van der Waals surface area contributed by atoms with E-state index < -0.39 is 11.3 Å². The SMILES string of the molecule is CCC(C)N(CC)S(=O)O. The van der Waals surface area contributed by atoms with Gasteiger partial charge in [0.2, 0.25) is 11.3 Å². The van der Waals surface area contributed by atoms with Crippen molar-refractivity contribution in [3.05, 3.63) is 0 Å². The monoisotopic (exact) mass is 165 g/mol. The van der Waals surface area contributed by atoms with Crippen molar-refractivity contribution in [1.29, 1.82) is 0 Å². The van der Waals surface area contributed by atoms with Crippen LogP contribution in [0, 0.1) is 0 Å². The highest BCUT2D eigenvalue weighted by atomic mass is 32.2. The standard InChI is InChI=1S/C6H15NO2S/c1-4-6(3)7(5-2)10(8)9/h6H,4-5H2,1-3H3,(H,8,9). The van der Waals surface area contributed by atoms with Crippen molar-refractivity contribution in [2.75, 3.05) is 6.54 Å². The van der Waals surface area contributed by atoms with E-state index in [1.807, 2.05) is 20.8 Å². The van der Waals surface area contributed by atoms with Gasteiger partial charge in [-0.25, -0.2) is 4.21 Å². The lowest BCUT2D eigenvalue weighted by Crippen LogP contribution is -2.33. The van der Waals surface area contributed by atoms with Gasteiger partial charge < -0.3 is 0 Å². The minimum absolute atomic E-state index is 0.191.